The SMILES string of the molecule is CCOC(=O)C12CCC[CH]C1(OC)CCC2. The van der Waals surface area contributed by atoms with Crippen LogP contribution >= 0.6 is 0 Å². The molecule has 2 fully saturated rings. The predicted molar refractivity (Wildman–Crippen MR) is 60.8 cm³/mol. The van der Waals surface area contributed by atoms with Gasteiger partial charge in [-0.2, -0.15) is 0 Å². The predicted octanol–water partition coefficient (Wildman–Crippen LogP) is 2.49. The Morgan fingerprint density at radius 2 is 2.06 bits per heavy atom. The largest absolute Gasteiger partial charge is 0.465 e. The maximum absolute atomic E-state index is 12.2. The third-order valence-electron chi connectivity index (χ3n) is 4.27. The maximum Gasteiger partial charge on any atom is 0.315 e. The molecule has 0 N–H and O–H groups in total. The highest BCUT2D eigenvalue weighted by Crippen LogP contribution is 2.57. The minimum Gasteiger partial charge on any atom is -0.465 e. The van der Waals surface area contributed by atoms with Crippen molar-refractivity contribution in [1.29, 1.82) is 0 Å². The van der Waals surface area contributed by atoms with Gasteiger partial charge in [0.05, 0.1) is 17.6 Å². The Bertz CT molecular complexity index is 276. The first-order chi connectivity index (χ1) is 7.71. The van der Waals surface area contributed by atoms with Crippen molar-refractivity contribution in [2.24, 2.45) is 5.41 Å². The van der Waals surface area contributed by atoms with E-state index in [0.717, 1.165) is 38.5 Å². The van der Waals surface area contributed by atoms with Gasteiger partial charge < -0.3 is 9.47 Å². The molecule has 16 heavy (non-hydrogen) atoms. The Morgan fingerprint density at radius 3 is 2.75 bits per heavy atom. The molecule has 2 saturated carbocycles. The molecule has 2 aliphatic rings. The van der Waals surface area contributed by atoms with E-state index in [-0.39, 0.29) is 11.6 Å². The summed E-state index contributed by atoms with van der Waals surface area (Å²) in [5.41, 5.74) is -0.743. The van der Waals surface area contributed by atoms with Crippen LogP contribution in [0.5, 0.6) is 0 Å². The monoisotopic (exact) mass is 225 g/mol. The van der Waals surface area contributed by atoms with E-state index < -0.39 is 5.41 Å². The van der Waals surface area contributed by atoms with E-state index in [4.69, 9.17) is 9.47 Å². The molecule has 0 bridgehead atoms. The second-order valence-corrected chi connectivity index (χ2v) is 4.85. The number of carbonyl (C=O) groups excluding carboxylic acids is 1. The van der Waals surface area contributed by atoms with Gasteiger partial charge in [-0.05, 0) is 45.4 Å². The Labute approximate surface area is 97.5 Å². The van der Waals surface area contributed by atoms with E-state index in [1.54, 1.807) is 7.11 Å². The first kappa shape index (κ1) is 11.9. The van der Waals surface area contributed by atoms with Crippen molar-refractivity contribution >= 4 is 5.97 Å². The van der Waals surface area contributed by atoms with Crippen LogP contribution in [0.4, 0.5) is 0 Å². The number of esters is 1. The van der Waals surface area contributed by atoms with Crippen LogP contribution in [0.3, 0.4) is 0 Å². The highest BCUT2D eigenvalue weighted by Gasteiger charge is 2.61. The normalized spacial score (nSPS) is 38.1. The summed E-state index contributed by atoms with van der Waals surface area (Å²) in [4.78, 5) is 12.2. The molecule has 0 heterocycles. The number of ether oxygens (including phenoxy) is 2. The van der Waals surface area contributed by atoms with E-state index in [0.29, 0.717) is 6.61 Å². The Kier molecular flexibility index (Phi) is 3.24. The number of hydrogen-bond donors (Lipinski definition) is 0. The summed E-state index contributed by atoms with van der Waals surface area (Å²) in [6, 6.07) is 0. The molecule has 0 aromatic rings. The lowest BCUT2D eigenvalue weighted by Gasteiger charge is -2.46. The van der Waals surface area contributed by atoms with Gasteiger partial charge in [0, 0.05) is 7.11 Å². The van der Waals surface area contributed by atoms with Crippen LogP contribution in [0.15, 0.2) is 0 Å². The van der Waals surface area contributed by atoms with Gasteiger partial charge in [0.2, 0.25) is 0 Å². The van der Waals surface area contributed by atoms with Crippen molar-refractivity contribution < 1.29 is 14.3 Å². The Balaban J connectivity index is 2.29. The summed E-state index contributed by atoms with van der Waals surface area (Å²) in [5.74, 6) is -0.0506. The quantitative estimate of drug-likeness (QED) is 0.692. The molecule has 0 amide bonds. The van der Waals surface area contributed by atoms with Crippen molar-refractivity contribution in [3.8, 4) is 0 Å². The van der Waals surface area contributed by atoms with Gasteiger partial charge in [0.25, 0.3) is 0 Å². The fourth-order valence-electron chi connectivity index (χ4n) is 3.50. The first-order valence-corrected chi connectivity index (χ1v) is 6.27. The second-order valence-electron chi connectivity index (χ2n) is 4.85. The zero-order chi connectivity index (χ0) is 11.6. The lowest BCUT2D eigenvalue weighted by molar-refractivity contribution is -0.175. The van der Waals surface area contributed by atoms with Gasteiger partial charge in [0.15, 0.2) is 0 Å². The fourth-order valence-corrected chi connectivity index (χ4v) is 3.50. The molecule has 1 radical (unpaired) electrons. The maximum atomic E-state index is 12.2. The van der Waals surface area contributed by atoms with Crippen LogP contribution in [0.1, 0.15) is 45.4 Å². The molecule has 91 valence electrons. The lowest BCUT2D eigenvalue weighted by Crippen LogP contribution is -2.53. The molecular weight excluding hydrogens is 204 g/mol. The van der Waals surface area contributed by atoms with Crippen molar-refractivity contribution in [3.63, 3.8) is 0 Å². The summed E-state index contributed by atoms with van der Waals surface area (Å²) < 4.78 is 11.0. The van der Waals surface area contributed by atoms with Crippen molar-refractivity contribution in [2.45, 2.75) is 51.0 Å². The molecule has 0 saturated heterocycles. The van der Waals surface area contributed by atoms with Crippen LogP contribution in [-0.2, 0) is 14.3 Å². The number of fused-ring (bicyclic) bond motifs is 1. The summed E-state index contributed by atoms with van der Waals surface area (Å²) in [5, 5.41) is 0. The van der Waals surface area contributed by atoms with Crippen LogP contribution in [0, 0.1) is 11.8 Å². The lowest BCUT2D eigenvalue weighted by atomic mass is 9.65. The number of methoxy groups -OCH3 is 1. The molecule has 0 aliphatic heterocycles. The second kappa shape index (κ2) is 4.36. The van der Waals surface area contributed by atoms with Gasteiger partial charge >= 0.3 is 5.97 Å². The van der Waals surface area contributed by atoms with Crippen molar-refractivity contribution in [2.75, 3.05) is 13.7 Å². The Hall–Kier alpha value is -0.570. The van der Waals surface area contributed by atoms with E-state index in [1.165, 1.54) is 0 Å². The molecule has 2 aliphatic carbocycles. The number of rotatable bonds is 3. The highest BCUT2D eigenvalue weighted by atomic mass is 16.5. The van der Waals surface area contributed by atoms with E-state index >= 15 is 0 Å². The van der Waals surface area contributed by atoms with Crippen LogP contribution < -0.4 is 0 Å². The van der Waals surface area contributed by atoms with Crippen LogP contribution in [0.2, 0.25) is 0 Å². The molecule has 3 nitrogen and oxygen atoms in total. The fraction of sp³-hybridized carbons (Fsp3) is 0.846. The molecule has 2 unspecified atom stereocenters. The average molecular weight is 225 g/mol. The summed E-state index contributed by atoms with van der Waals surface area (Å²) >= 11 is 0. The molecule has 0 aromatic carbocycles. The summed E-state index contributed by atoms with van der Waals surface area (Å²) in [7, 11) is 1.72. The van der Waals surface area contributed by atoms with Crippen LogP contribution in [0.25, 0.3) is 0 Å². The van der Waals surface area contributed by atoms with Crippen molar-refractivity contribution in [3.05, 3.63) is 6.42 Å². The van der Waals surface area contributed by atoms with E-state index in [2.05, 4.69) is 6.42 Å². The number of carbonyl (C=O) groups is 1. The summed E-state index contributed by atoms with van der Waals surface area (Å²) in [6.45, 7) is 2.32. The van der Waals surface area contributed by atoms with Gasteiger partial charge in [0.1, 0.15) is 0 Å². The molecule has 2 atom stereocenters. The zero-order valence-corrected chi connectivity index (χ0v) is 10.3. The molecule has 0 aromatic heterocycles. The minimum atomic E-state index is -0.393. The third kappa shape index (κ3) is 1.48. The summed E-state index contributed by atoms with van der Waals surface area (Å²) in [6.07, 6.45) is 8.18. The van der Waals surface area contributed by atoms with Crippen LogP contribution in [-0.4, -0.2) is 25.3 Å². The Morgan fingerprint density at radius 1 is 1.31 bits per heavy atom. The van der Waals surface area contributed by atoms with Gasteiger partial charge in [-0.15, -0.1) is 0 Å². The first-order valence-electron chi connectivity index (χ1n) is 6.27. The highest BCUT2D eigenvalue weighted by molar-refractivity contribution is 5.79. The van der Waals surface area contributed by atoms with Gasteiger partial charge in [-0.25, -0.2) is 0 Å². The molecular formula is C13H21O3. The number of hydrogen-bond acceptors (Lipinski definition) is 3. The smallest absolute Gasteiger partial charge is 0.315 e. The topological polar surface area (TPSA) is 35.5 Å². The van der Waals surface area contributed by atoms with Gasteiger partial charge in [-0.3, -0.25) is 4.79 Å². The van der Waals surface area contributed by atoms with E-state index in [9.17, 15) is 4.79 Å². The zero-order valence-electron chi connectivity index (χ0n) is 10.3. The average Bonchev–Trinajstić information content (AvgIpc) is 2.70. The van der Waals surface area contributed by atoms with Crippen molar-refractivity contribution in [1.82, 2.24) is 0 Å². The molecule has 0 spiro atoms. The molecule has 2 rings (SSSR count). The minimum absolute atomic E-state index is 0.0506. The molecule has 3 heteroatoms. The standard InChI is InChI=1S/C13H21O3/c1-3-16-11(14)12-7-4-5-9-13(12,15-2)10-6-8-12/h9H,3-8,10H2,1-2H3. The van der Waals surface area contributed by atoms with Gasteiger partial charge in [-0.1, -0.05) is 6.42 Å². The van der Waals surface area contributed by atoms with E-state index in [1.807, 2.05) is 6.92 Å². The third-order valence-corrected chi connectivity index (χ3v) is 4.27.